The van der Waals surface area contributed by atoms with Crippen LogP contribution in [0.25, 0.3) is 0 Å². The van der Waals surface area contributed by atoms with Gasteiger partial charge in [0.15, 0.2) is 0 Å². The number of aryl methyl sites for hydroxylation is 1. The van der Waals surface area contributed by atoms with Gasteiger partial charge in [0, 0.05) is 12.5 Å². The number of benzene rings is 3. The van der Waals surface area contributed by atoms with Crippen LogP contribution in [0.1, 0.15) is 23.6 Å². The van der Waals surface area contributed by atoms with E-state index in [-0.39, 0.29) is 20.7 Å². The molecule has 0 fully saturated rings. The Morgan fingerprint density at radius 3 is 2.51 bits per heavy atom. The van der Waals surface area contributed by atoms with Crippen LogP contribution in [0.5, 0.6) is 17.2 Å². The van der Waals surface area contributed by atoms with Crippen molar-refractivity contribution in [3.05, 3.63) is 94.0 Å². The van der Waals surface area contributed by atoms with E-state index < -0.39 is 10.1 Å². The molecule has 9 heteroatoms. The monoisotopic (exact) mass is 531 g/mol. The van der Waals surface area contributed by atoms with Crippen molar-refractivity contribution in [1.29, 1.82) is 5.26 Å². The number of hydrogen-bond acceptors (Lipinski definition) is 6. The van der Waals surface area contributed by atoms with E-state index in [0.29, 0.717) is 43.1 Å². The third kappa shape index (κ3) is 6.92. The average molecular weight is 532 g/mol. The Hall–Kier alpha value is -3.18. The summed E-state index contributed by atoms with van der Waals surface area (Å²) in [5.41, 5.74) is 2.20. The van der Waals surface area contributed by atoms with E-state index in [2.05, 4.69) is 12.6 Å². The molecule has 0 unspecified atom stereocenters. The molecular formula is C26H23Cl2NO5S. The predicted octanol–water partition coefficient (Wildman–Crippen LogP) is 6.38. The summed E-state index contributed by atoms with van der Waals surface area (Å²) in [5.74, 6) is 1.05. The Morgan fingerprint density at radius 2 is 1.80 bits per heavy atom. The molecule has 3 aromatic carbocycles. The third-order valence-corrected chi connectivity index (χ3v) is 7.14. The maximum Gasteiger partial charge on any atom is 0.340 e. The number of nitriles is 1. The van der Waals surface area contributed by atoms with E-state index in [1.165, 1.54) is 24.3 Å². The maximum absolute atomic E-state index is 12.8. The minimum Gasteiger partial charge on any atom is -0.493 e. The van der Waals surface area contributed by atoms with Crippen LogP contribution in [0.15, 0.2) is 72.1 Å². The van der Waals surface area contributed by atoms with Crippen LogP contribution in [0.3, 0.4) is 0 Å². The Labute approximate surface area is 215 Å². The first-order valence-electron chi connectivity index (χ1n) is 10.7. The fraction of sp³-hybridized carbons (Fsp3) is 0.192. The van der Waals surface area contributed by atoms with E-state index in [1.54, 1.807) is 24.3 Å². The number of nitrogens with zero attached hydrogens (tertiary/aromatic N) is 1. The molecule has 0 saturated carbocycles. The molecule has 0 saturated heterocycles. The fourth-order valence-corrected chi connectivity index (χ4v) is 4.84. The van der Waals surface area contributed by atoms with Gasteiger partial charge in [-0.05, 0) is 53.9 Å². The van der Waals surface area contributed by atoms with Gasteiger partial charge in [-0.2, -0.15) is 13.7 Å². The first-order valence-corrected chi connectivity index (χ1v) is 12.9. The van der Waals surface area contributed by atoms with Crippen molar-refractivity contribution in [2.45, 2.75) is 24.7 Å². The molecule has 35 heavy (non-hydrogen) atoms. The van der Waals surface area contributed by atoms with Gasteiger partial charge in [-0.1, -0.05) is 54.9 Å². The molecule has 0 N–H and O–H groups in total. The summed E-state index contributed by atoms with van der Waals surface area (Å²) >= 11 is 12.0. The summed E-state index contributed by atoms with van der Waals surface area (Å²) < 4.78 is 42.4. The first kappa shape index (κ1) is 26.4. The van der Waals surface area contributed by atoms with Crippen molar-refractivity contribution < 1.29 is 22.1 Å². The SMILES string of the molecule is C=CCOc1cc(CCOc2cc(CC)cc(OS(=O)(=O)c3cccc(Cl)c3Cl)c2)ccc1C#N. The lowest BCUT2D eigenvalue weighted by Gasteiger charge is -2.13. The highest BCUT2D eigenvalue weighted by molar-refractivity contribution is 7.87. The Balaban J connectivity index is 1.74. The van der Waals surface area contributed by atoms with Gasteiger partial charge in [0.05, 0.1) is 22.2 Å². The smallest absolute Gasteiger partial charge is 0.340 e. The topological polar surface area (TPSA) is 85.6 Å². The molecule has 0 radical (unpaired) electrons. The zero-order valence-electron chi connectivity index (χ0n) is 19.0. The second-order valence-corrected chi connectivity index (χ2v) is 9.70. The fourth-order valence-electron chi connectivity index (χ4n) is 3.18. The summed E-state index contributed by atoms with van der Waals surface area (Å²) in [5, 5.41) is 9.26. The second kappa shape index (κ2) is 12.0. The van der Waals surface area contributed by atoms with Gasteiger partial charge >= 0.3 is 10.1 Å². The predicted molar refractivity (Wildman–Crippen MR) is 136 cm³/mol. The summed E-state index contributed by atoms with van der Waals surface area (Å²) in [6, 6.07) is 16.7. The van der Waals surface area contributed by atoms with E-state index in [1.807, 2.05) is 19.1 Å². The molecule has 0 heterocycles. The average Bonchev–Trinajstić information content (AvgIpc) is 2.84. The van der Waals surface area contributed by atoms with Gasteiger partial charge < -0.3 is 13.7 Å². The van der Waals surface area contributed by atoms with Gasteiger partial charge in [-0.3, -0.25) is 0 Å². The van der Waals surface area contributed by atoms with Crippen molar-refractivity contribution in [2.24, 2.45) is 0 Å². The highest BCUT2D eigenvalue weighted by atomic mass is 35.5. The molecule has 6 nitrogen and oxygen atoms in total. The largest absolute Gasteiger partial charge is 0.493 e. The molecule has 0 bridgehead atoms. The summed E-state index contributed by atoms with van der Waals surface area (Å²) in [7, 11) is -4.21. The van der Waals surface area contributed by atoms with Crippen LogP contribution in [-0.4, -0.2) is 21.6 Å². The summed E-state index contributed by atoms with van der Waals surface area (Å²) in [6.45, 7) is 6.16. The first-order chi connectivity index (χ1) is 16.8. The van der Waals surface area contributed by atoms with Crippen molar-refractivity contribution in [2.75, 3.05) is 13.2 Å². The van der Waals surface area contributed by atoms with E-state index in [0.717, 1.165) is 11.1 Å². The highest BCUT2D eigenvalue weighted by Crippen LogP contribution is 2.32. The van der Waals surface area contributed by atoms with Crippen LogP contribution in [0.2, 0.25) is 10.0 Å². The molecule has 3 aromatic rings. The molecule has 3 rings (SSSR count). The summed E-state index contributed by atoms with van der Waals surface area (Å²) in [6.07, 6.45) is 2.79. The normalized spacial score (nSPS) is 10.9. The molecule has 0 atom stereocenters. The van der Waals surface area contributed by atoms with Crippen molar-refractivity contribution in [3.63, 3.8) is 0 Å². The highest BCUT2D eigenvalue weighted by Gasteiger charge is 2.22. The Morgan fingerprint density at radius 1 is 1.03 bits per heavy atom. The molecule has 0 spiro atoms. The minimum absolute atomic E-state index is 0.101. The summed E-state index contributed by atoms with van der Waals surface area (Å²) in [4.78, 5) is -0.216. The Kier molecular flexibility index (Phi) is 9.05. The van der Waals surface area contributed by atoms with Gasteiger partial charge in [0.25, 0.3) is 0 Å². The zero-order chi connectivity index (χ0) is 25.4. The van der Waals surface area contributed by atoms with E-state index in [4.69, 9.17) is 36.9 Å². The zero-order valence-corrected chi connectivity index (χ0v) is 21.3. The van der Waals surface area contributed by atoms with Crippen molar-refractivity contribution in [3.8, 4) is 23.3 Å². The van der Waals surface area contributed by atoms with Gasteiger partial charge in [-0.15, -0.1) is 0 Å². The van der Waals surface area contributed by atoms with Crippen LogP contribution in [0.4, 0.5) is 0 Å². The Bertz CT molecular complexity index is 1370. The molecule has 0 aliphatic heterocycles. The molecule has 182 valence electrons. The van der Waals surface area contributed by atoms with Gasteiger partial charge in [0.2, 0.25) is 0 Å². The van der Waals surface area contributed by atoms with Gasteiger partial charge in [0.1, 0.15) is 34.8 Å². The van der Waals surface area contributed by atoms with Crippen LogP contribution < -0.4 is 13.7 Å². The number of halogens is 2. The van der Waals surface area contributed by atoms with Crippen LogP contribution in [-0.2, 0) is 23.0 Å². The minimum atomic E-state index is -4.21. The standard InChI is InChI=1S/C26H23Cl2NO5S/c1-3-11-33-24-15-19(8-9-20(24)17-29)10-12-32-21-13-18(4-2)14-22(16-21)34-35(30,31)25-7-5-6-23(27)26(25)28/h3,5-9,13-16H,1,4,10-12H2,2H3. The molecule has 0 aromatic heterocycles. The maximum atomic E-state index is 12.8. The molecule has 0 aliphatic carbocycles. The van der Waals surface area contributed by atoms with Crippen molar-refractivity contribution >= 4 is 33.3 Å². The van der Waals surface area contributed by atoms with Gasteiger partial charge in [-0.25, -0.2) is 0 Å². The number of rotatable bonds is 11. The third-order valence-electron chi connectivity index (χ3n) is 4.92. The van der Waals surface area contributed by atoms with Crippen LogP contribution in [0, 0.1) is 11.3 Å². The lowest BCUT2D eigenvalue weighted by atomic mass is 10.1. The lowest BCUT2D eigenvalue weighted by Crippen LogP contribution is -2.11. The van der Waals surface area contributed by atoms with Crippen molar-refractivity contribution in [1.82, 2.24) is 0 Å². The quantitative estimate of drug-likeness (QED) is 0.210. The second-order valence-electron chi connectivity index (χ2n) is 7.40. The lowest BCUT2D eigenvalue weighted by molar-refractivity contribution is 0.320. The molecular weight excluding hydrogens is 509 g/mol. The number of hydrogen-bond donors (Lipinski definition) is 0. The van der Waals surface area contributed by atoms with E-state index >= 15 is 0 Å². The number of ether oxygens (including phenoxy) is 2. The molecule has 0 amide bonds. The van der Waals surface area contributed by atoms with E-state index in [9.17, 15) is 13.7 Å². The molecule has 0 aliphatic rings. The van der Waals surface area contributed by atoms with Crippen LogP contribution >= 0.6 is 23.2 Å².